The van der Waals surface area contributed by atoms with Crippen LogP contribution in [-0.4, -0.2) is 24.0 Å². The molecule has 0 aliphatic heterocycles. The number of methoxy groups -OCH3 is 1. The van der Waals surface area contributed by atoms with Crippen molar-refractivity contribution in [1.29, 1.82) is 0 Å². The number of thiazole rings is 1. The molecule has 144 valence electrons. The number of benzene rings is 2. The standard InChI is InChI=1S/C19H17ClN4O3S/c1-27-16-8-6-13(7-9-16)21-17(25)10-15-11-28-19(23-15)24-18(26)22-14-4-2-12(20)3-5-14/h2-9,11H,10H2,1H3,(H,21,25)(H2,22,23,24,26). The fourth-order valence-electron chi connectivity index (χ4n) is 2.28. The Hall–Kier alpha value is -3.10. The summed E-state index contributed by atoms with van der Waals surface area (Å²) in [5.41, 5.74) is 1.84. The van der Waals surface area contributed by atoms with E-state index in [0.29, 0.717) is 33.0 Å². The van der Waals surface area contributed by atoms with Crippen LogP contribution in [0.2, 0.25) is 5.02 Å². The van der Waals surface area contributed by atoms with Gasteiger partial charge in [-0.25, -0.2) is 9.78 Å². The summed E-state index contributed by atoms with van der Waals surface area (Å²) in [6, 6.07) is 13.4. The Bertz CT molecular complexity index is 958. The maximum Gasteiger partial charge on any atom is 0.325 e. The number of rotatable bonds is 6. The molecule has 3 rings (SSSR count). The van der Waals surface area contributed by atoms with Crippen LogP contribution in [0.3, 0.4) is 0 Å². The van der Waals surface area contributed by atoms with Crippen LogP contribution < -0.4 is 20.7 Å². The van der Waals surface area contributed by atoms with Gasteiger partial charge in [-0.3, -0.25) is 10.1 Å². The highest BCUT2D eigenvalue weighted by Crippen LogP contribution is 2.19. The van der Waals surface area contributed by atoms with Gasteiger partial charge < -0.3 is 15.4 Å². The van der Waals surface area contributed by atoms with Gasteiger partial charge in [0.05, 0.1) is 19.2 Å². The molecule has 0 spiro atoms. The molecule has 3 amide bonds. The Kier molecular flexibility index (Phi) is 6.46. The van der Waals surface area contributed by atoms with Crippen molar-refractivity contribution in [2.24, 2.45) is 0 Å². The molecule has 0 aliphatic rings. The molecule has 0 unspecified atom stereocenters. The van der Waals surface area contributed by atoms with Crippen LogP contribution in [0.5, 0.6) is 5.75 Å². The SMILES string of the molecule is COc1ccc(NC(=O)Cc2csc(NC(=O)Nc3ccc(Cl)cc3)n2)cc1. The van der Waals surface area contributed by atoms with E-state index in [9.17, 15) is 9.59 Å². The summed E-state index contributed by atoms with van der Waals surface area (Å²) in [4.78, 5) is 28.4. The lowest BCUT2D eigenvalue weighted by atomic mass is 10.2. The monoisotopic (exact) mass is 416 g/mol. The molecule has 3 aromatic rings. The van der Waals surface area contributed by atoms with Crippen molar-refractivity contribution in [2.45, 2.75) is 6.42 Å². The highest BCUT2D eigenvalue weighted by atomic mass is 35.5. The minimum atomic E-state index is -0.425. The average molecular weight is 417 g/mol. The van der Waals surface area contributed by atoms with Crippen LogP contribution in [0.25, 0.3) is 0 Å². The second-order valence-electron chi connectivity index (χ2n) is 5.68. The molecule has 7 nitrogen and oxygen atoms in total. The molecule has 0 aliphatic carbocycles. The van der Waals surface area contributed by atoms with Crippen LogP contribution in [0.15, 0.2) is 53.9 Å². The van der Waals surface area contributed by atoms with Gasteiger partial charge in [-0.15, -0.1) is 11.3 Å². The summed E-state index contributed by atoms with van der Waals surface area (Å²) in [6.07, 6.45) is 0.100. The number of amides is 3. The molecule has 1 aromatic heterocycles. The summed E-state index contributed by atoms with van der Waals surface area (Å²) in [5.74, 6) is 0.512. The van der Waals surface area contributed by atoms with Gasteiger partial charge in [0, 0.05) is 21.8 Å². The second-order valence-corrected chi connectivity index (χ2v) is 6.98. The first kappa shape index (κ1) is 19.7. The van der Waals surface area contributed by atoms with E-state index in [0.717, 1.165) is 0 Å². The summed E-state index contributed by atoms with van der Waals surface area (Å²) in [5, 5.41) is 10.8. The highest BCUT2D eigenvalue weighted by molar-refractivity contribution is 7.14. The smallest absolute Gasteiger partial charge is 0.325 e. The third-order valence-electron chi connectivity index (χ3n) is 3.59. The van der Waals surface area contributed by atoms with Crippen LogP contribution in [0.1, 0.15) is 5.69 Å². The van der Waals surface area contributed by atoms with E-state index in [2.05, 4.69) is 20.9 Å². The van der Waals surface area contributed by atoms with Crippen molar-refractivity contribution < 1.29 is 14.3 Å². The topological polar surface area (TPSA) is 92.4 Å². The maximum atomic E-state index is 12.1. The number of carbonyl (C=O) groups is 2. The van der Waals surface area contributed by atoms with E-state index >= 15 is 0 Å². The number of ether oxygens (including phenoxy) is 1. The highest BCUT2D eigenvalue weighted by Gasteiger charge is 2.10. The van der Waals surface area contributed by atoms with Crippen molar-refractivity contribution in [1.82, 2.24) is 4.98 Å². The molecule has 0 saturated carbocycles. The van der Waals surface area contributed by atoms with Crippen molar-refractivity contribution in [2.75, 3.05) is 23.1 Å². The average Bonchev–Trinajstić information content (AvgIpc) is 3.10. The Balaban J connectivity index is 1.50. The molecule has 1 heterocycles. The predicted molar refractivity (Wildman–Crippen MR) is 112 cm³/mol. The van der Waals surface area contributed by atoms with E-state index in [1.54, 1.807) is 61.0 Å². The van der Waals surface area contributed by atoms with Crippen LogP contribution in [-0.2, 0) is 11.2 Å². The van der Waals surface area contributed by atoms with Gasteiger partial charge in [0.25, 0.3) is 0 Å². The number of carbonyl (C=O) groups excluding carboxylic acids is 2. The minimum absolute atomic E-state index is 0.100. The first-order valence-corrected chi connectivity index (χ1v) is 9.49. The molecular weight excluding hydrogens is 400 g/mol. The molecule has 0 bridgehead atoms. The largest absolute Gasteiger partial charge is 0.497 e. The first-order valence-electron chi connectivity index (χ1n) is 8.24. The zero-order valence-electron chi connectivity index (χ0n) is 14.9. The molecule has 0 fully saturated rings. The second kappa shape index (κ2) is 9.20. The van der Waals surface area contributed by atoms with Crippen molar-refractivity contribution in [3.8, 4) is 5.75 Å². The van der Waals surface area contributed by atoms with Crippen molar-refractivity contribution in [3.05, 3.63) is 64.6 Å². The Morgan fingerprint density at radius 1 is 1.00 bits per heavy atom. The number of anilines is 3. The van der Waals surface area contributed by atoms with Crippen LogP contribution in [0, 0.1) is 0 Å². The van der Waals surface area contributed by atoms with E-state index in [1.165, 1.54) is 11.3 Å². The summed E-state index contributed by atoms with van der Waals surface area (Å²) < 4.78 is 5.08. The molecule has 2 aromatic carbocycles. The zero-order valence-corrected chi connectivity index (χ0v) is 16.4. The zero-order chi connectivity index (χ0) is 19.9. The lowest BCUT2D eigenvalue weighted by Gasteiger charge is -2.06. The lowest BCUT2D eigenvalue weighted by Crippen LogP contribution is -2.19. The quantitative estimate of drug-likeness (QED) is 0.546. The van der Waals surface area contributed by atoms with Gasteiger partial charge in [0.1, 0.15) is 5.75 Å². The van der Waals surface area contributed by atoms with Crippen molar-refractivity contribution >= 4 is 51.4 Å². The van der Waals surface area contributed by atoms with Gasteiger partial charge >= 0.3 is 6.03 Å². The lowest BCUT2D eigenvalue weighted by molar-refractivity contribution is -0.115. The number of nitrogens with zero attached hydrogens (tertiary/aromatic N) is 1. The number of halogens is 1. The Morgan fingerprint density at radius 3 is 2.32 bits per heavy atom. The van der Waals surface area contributed by atoms with Gasteiger partial charge in [0.2, 0.25) is 5.91 Å². The third kappa shape index (κ3) is 5.70. The first-order chi connectivity index (χ1) is 13.5. The van der Waals surface area contributed by atoms with E-state index < -0.39 is 6.03 Å². The summed E-state index contributed by atoms with van der Waals surface area (Å²) >= 11 is 7.06. The van der Waals surface area contributed by atoms with Gasteiger partial charge in [0.15, 0.2) is 5.13 Å². The van der Waals surface area contributed by atoms with E-state index in [-0.39, 0.29) is 12.3 Å². The number of aromatic nitrogens is 1. The summed E-state index contributed by atoms with van der Waals surface area (Å²) in [6.45, 7) is 0. The Labute approximate surface area is 170 Å². The molecule has 0 saturated heterocycles. The fraction of sp³-hybridized carbons (Fsp3) is 0.105. The molecule has 9 heteroatoms. The van der Waals surface area contributed by atoms with E-state index in [1.807, 2.05) is 0 Å². The number of hydrogen-bond donors (Lipinski definition) is 3. The van der Waals surface area contributed by atoms with E-state index in [4.69, 9.17) is 16.3 Å². The normalized spacial score (nSPS) is 10.2. The van der Waals surface area contributed by atoms with Gasteiger partial charge in [-0.05, 0) is 48.5 Å². The molecular formula is C19H17ClN4O3S. The van der Waals surface area contributed by atoms with Crippen LogP contribution in [0.4, 0.5) is 21.3 Å². The number of hydrogen-bond acceptors (Lipinski definition) is 5. The number of nitrogens with one attached hydrogen (secondary N) is 3. The molecule has 3 N–H and O–H groups in total. The third-order valence-corrected chi connectivity index (χ3v) is 4.65. The minimum Gasteiger partial charge on any atom is -0.497 e. The molecule has 0 radical (unpaired) electrons. The van der Waals surface area contributed by atoms with Crippen LogP contribution >= 0.6 is 22.9 Å². The fourth-order valence-corrected chi connectivity index (χ4v) is 3.11. The predicted octanol–water partition coefficient (Wildman–Crippen LogP) is 4.63. The van der Waals surface area contributed by atoms with Crippen molar-refractivity contribution in [3.63, 3.8) is 0 Å². The molecule has 28 heavy (non-hydrogen) atoms. The Morgan fingerprint density at radius 2 is 1.64 bits per heavy atom. The maximum absolute atomic E-state index is 12.1. The number of urea groups is 1. The molecule has 0 atom stereocenters. The van der Waals surface area contributed by atoms with Gasteiger partial charge in [-0.1, -0.05) is 11.6 Å². The summed E-state index contributed by atoms with van der Waals surface area (Å²) in [7, 11) is 1.58. The van der Waals surface area contributed by atoms with Gasteiger partial charge in [-0.2, -0.15) is 0 Å².